The minimum absolute atomic E-state index is 0.218. The van der Waals surface area contributed by atoms with Gasteiger partial charge in [0.05, 0.1) is 15.5 Å². The number of benzene rings is 2. The molecule has 1 saturated carbocycles. The van der Waals surface area contributed by atoms with Crippen molar-refractivity contribution in [1.29, 1.82) is 0 Å². The van der Waals surface area contributed by atoms with Gasteiger partial charge in [-0.2, -0.15) is 13.2 Å². The fourth-order valence-electron chi connectivity index (χ4n) is 3.74. The first-order chi connectivity index (χ1) is 17.1. The lowest BCUT2D eigenvalue weighted by molar-refractivity contribution is -0.192. The molecular formula is C24H24BrF4N5O2. The molecule has 5 rings (SSSR count). The standard InChI is InChI=1S/C22H23BrFN5.C2HF3O2/c23-17-13-15(5-8-18(17)24)14-28-9-11-29(12-10-28)22-21(25-16-6-7-16)26-19-3-1-2-4-20(19)27-22;3-2(4,5)1(6)7/h1-5,8,13,16H,6-7,9-12,14H2,(H,25,26);(H,6,7). The van der Waals surface area contributed by atoms with E-state index in [0.29, 0.717) is 10.5 Å². The van der Waals surface area contributed by atoms with Gasteiger partial charge in [0.15, 0.2) is 11.6 Å². The molecule has 2 N–H and O–H groups in total. The van der Waals surface area contributed by atoms with Crippen molar-refractivity contribution in [3.05, 3.63) is 58.3 Å². The van der Waals surface area contributed by atoms with Gasteiger partial charge in [-0.1, -0.05) is 18.2 Å². The first-order valence-electron chi connectivity index (χ1n) is 11.3. The van der Waals surface area contributed by atoms with E-state index in [1.807, 2.05) is 36.4 Å². The zero-order valence-corrected chi connectivity index (χ0v) is 20.7. The second kappa shape index (κ2) is 11.0. The summed E-state index contributed by atoms with van der Waals surface area (Å²) in [6.07, 6.45) is -2.68. The lowest BCUT2D eigenvalue weighted by Crippen LogP contribution is -2.46. The number of piperazine rings is 1. The molecule has 0 spiro atoms. The Morgan fingerprint density at radius 2 is 1.67 bits per heavy atom. The van der Waals surface area contributed by atoms with Crippen molar-refractivity contribution in [3.8, 4) is 0 Å². The summed E-state index contributed by atoms with van der Waals surface area (Å²) < 4.78 is 45.7. The molecule has 2 aromatic carbocycles. The number of aliphatic carboxylic acids is 1. The first-order valence-corrected chi connectivity index (χ1v) is 12.1. The predicted molar refractivity (Wildman–Crippen MR) is 131 cm³/mol. The second-order valence-corrected chi connectivity index (χ2v) is 9.47. The SMILES string of the molecule is Fc1ccc(CN2CCN(c3nc4ccccc4nc3NC3CC3)CC2)cc1Br.O=C(O)C(F)(F)F. The molecule has 0 amide bonds. The molecule has 3 aromatic rings. The number of carbonyl (C=O) groups is 1. The van der Waals surface area contributed by atoms with Crippen molar-refractivity contribution in [2.45, 2.75) is 31.6 Å². The predicted octanol–water partition coefficient (Wildman–Crippen LogP) is 5.06. The third-order valence-corrected chi connectivity index (χ3v) is 6.38. The number of halogens is 5. The van der Waals surface area contributed by atoms with Gasteiger partial charge in [-0.05, 0) is 58.6 Å². The largest absolute Gasteiger partial charge is 0.490 e. The van der Waals surface area contributed by atoms with Crippen LogP contribution in [0.5, 0.6) is 0 Å². The number of hydrogen-bond donors (Lipinski definition) is 2. The zero-order valence-electron chi connectivity index (χ0n) is 19.1. The highest BCUT2D eigenvalue weighted by Crippen LogP contribution is 2.31. The van der Waals surface area contributed by atoms with Gasteiger partial charge in [-0.3, -0.25) is 4.90 Å². The number of fused-ring (bicyclic) bond motifs is 1. The smallest absolute Gasteiger partial charge is 0.475 e. The lowest BCUT2D eigenvalue weighted by Gasteiger charge is -2.36. The van der Waals surface area contributed by atoms with Crippen LogP contribution >= 0.6 is 15.9 Å². The van der Waals surface area contributed by atoms with E-state index in [9.17, 15) is 17.6 Å². The van der Waals surface area contributed by atoms with E-state index in [1.165, 1.54) is 18.9 Å². The molecule has 0 atom stereocenters. The monoisotopic (exact) mass is 569 g/mol. The molecule has 1 aliphatic heterocycles. The molecule has 0 bridgehead atoms. The highest BCUT2D eigenvalue weighted by molar-refractivity contribution is 9.10. The fourth-order valence-corrected chi connectivity index (χ4v) is 4.17. The number of hydrogen-bond acceptors (Lipinski definition) is 6. The van der Waals surface area contributed by atoms with Crippen LogP contribution in [0.1, 0.15) is 18.4 Å². The minimum Gasteiger partial charge on any atom is -0.475 e. The van der Waals surface area contributed by atoms with Crippen LogP contribution < -0.4 is 10.2 Å². The Balaban J connectivity index is 0.000000384. The molecule has 2 fully saturated rings. The van der Waals surface area contributed by atoms with Crippen molar-refractivity contribution in [2.75, 3.05) is 36.4 Å². The van der Waals surface area contributed by atoms with Gasteiger partial charge in [-0.15, -0.1) is 0 Å². The number of rotatable bonds is 5. The third kappa shape index (κ3) is 6.82. The molecule has 1 aliphatic carbocycles. The molecule has 0 radical (unpaired) electrons. The molecule has 7 nitrogen and oxygen atoms in total. The van der Waals surface area contributed by atoms with Crippen LogP contribution in [0.4, 0.5) is 29.2 Å². The quantitative estimate of drug-likeness (QED) is 0.415. The molecule has 2 heterocycles. The Labute approximate surface area is 213 Å². The van der Waals surface area contributed by atoms with Gasteiger partial charge in [0, 0.05) is 38.8 Å². The molecule has 192 valence electrons. The summed E-state index contributed by atoms with van der Waals surface area (Å²) in [7, 11) is 0. The highest BCUT2D eigenvalue weighted by Gasteiger charge is 2.38. The lowest BCUT2D eigenvalue weighted by atomic mass is 10.2. The normalized spacial score (nSPS) is 16.4. The van der Waals surface area contributed by atoms with Crippen molar-refractivity contribution in [2.24, 2.45) is 0 Å². The number of nitrogens with one attached hydrogen (secondary N) is 1. The molecule has 1 aromatic heterocycles. The van der Waals surface area contributed by atoms with Crippen molar-refractivity contribution >= 4 is 44.6 Å². The van der Waals surface area contributed by atoms with E-state index in [4.69, 9.17) is 19.9 Å². The maximum atomic E-state index is 13.5. The summed E-state index contributed by atoms with van der Waals surface area (Å²) in [5, 5.41) is 10.7. The molecule has 2 aliphatic rings. The maximum Gasteiger partial charge on any atom is 0.490 e. The number of anilines is 2. The van der Waals surface area contributed by atoms with Crippen LogP contribution in [-0.4, -0.2) is 64.3 Å². The van der Waals surface area contributed by atoms with Crippen LogP contribution in [0.25, 0.3) is 11.0 Å². The fraction of sp³-hybridized carbons (Fsp3) is 0.375. The number of carboxylic acids is 1. The number of aromatic nitrogens is 2. The molecule has 0 unspecified atom stereocenters. The molecule has 1 saturated heterocycles. The molecule has 36 heavy (non-hydrogen) atoms. The van der Waals surface area contributed by atoms with Crippen LogP contribution in [0.3, 0.4) is 0 Å². The average molecular weight is 570 g/mol. The van der Waals surface area contributed by atoms with Crippen LogP contribution in [0.15, 0.2) is 46.9 Å². The Kier molecular flexibility index (Phi) is 7.94. The number of carboxylic acid groups (broad SMARTS) is 1. The Bertz CT molecular complexity index is 1230. The Morgan fingerprint density at radius 3 is 2.22 bits per heavy atom. The summed E-state index contributed by atoms with van der Waals surface area (Å²) in [4.78, 5) is 23.4. The summed E-state index contributed by atoms with van der Waals surface area (Å²) in [6.45, 7) is 4.49. The van der Waals surface area contributed by atoms with E-state index in [2.05, 4.69) is 31.0 Å². The van der Waals surface area contributed by atoms with Crippen molar-refractivity contribution in [1.82, 2.24) is 14.9 Å². The van der Waals surface area contributed by atoms with E-state index in [1.54, 1.807) is 0 Å². The minimum atomic E-state index is -5.08. The van der Waals surface area contributed by atoms with Gasteiger partial charge in [0.1, 0.15) is 5.82 Å². The van der Waals surface area contributed by atoms with Gasteiger partial charge >= 0.3 is 12.1 Å². The van der Waals surface area contributed by atoms with E-state index >= 15 is 0 Å². The number of nitrogens with zero attached hydrogens (tertiary/aromatic N) is 4. The maximum absolute atomic E-state index is 13.5. The zero-order chi connectivity index (χ0) is 25.9. The van der Waals surface area contributed by atoms with Gasteiger partial charge < -0.3 is 15.3 Å². The number of para-hydroxylation sites is 2. The Hall–Kier alpha value is -2.99. The summed E-state index contributed by atoms with van der Waals surface area (Å²) >= 11 is 3.28. The van der Waals surface area contributed by atoms with Crippen LogP contribution in [0.2, 0.25) is 0 Å². The summed E-state index contributed by atoms with van der Waals surface area (Å²) in [5.74, 6) is -1.11. The van der Waals surface area contributed by atoms with E-state index in [-0.39, 0.29) is 5.82 Å². The van der Waals surface area contributed by atoms with Crippen LogP contribution in [0, 0.1) is 5.82 Å². The van der Waals surface area contributed by atoms with Crippen molar-refractivity contribution < 1.29 is 27.5 Å². The van der Waals surface area contributed by atoms with Gasteiger partial charge in [-0.25, -0.2) is 19.2 Å². The second-order valence-electron chi connectivity index (χ2n) is 8.62. The highest BCUT2D eigenvalue weighted by atomic mass is 79.9. The first kappa shape index (κ1) is 26.1. The summed E-state index contributed by atoms with van der Waals surface area (Å²) in [6, 6.07) is 13.8. The van der Waals surface area contributed by atoms with Crippen molar-refractivity contribution in [3.63, 3.8) is 0 Å². The van der Waals surface area contributed by atoms with E-state index < -0.39 is 12.1 Å². The summed E-state index contributed by atoms with van der Waals surface area (Å²) in [5.41, 5.74) is 2.98. The van der Waals surface area contributed by atoms with E-state index in [0.717, 1.165) is 61.0 Å². The van der Waals surface area contributed by atoms with Gasteiger partial charge in [0.2, 0.25) is 0 Å². The molecule has 12 heteroatoms. The topological polar surface area (TPSA) is 81.6 Å². The molecular weight excluding hydrogens is 546 g/mol. The van der Waals surface area contributed by atoms with Crippen LogP contribution in [-0.2, 0) is 11.3 Å². The third-order valence-electron chi connectivity index (χ3n) is 5.77. The number of alkyl halides is 3. The Morgan fingerprint density at radius 1 is 1.06 bits per heavy atom. The van der Waals surface area contributed by atoms with Gasteiger partial charge in [0.25, 0.3) is 0 Å². The average Bonchev–Trinajstić information content (AvgIpc) is 3.65.